The molecule has 150 valence electrons. The van der Waals surface area contributed by atoms with E-state index in [4.69, 9.17) is 4.74 Å². The summed E-state index contributed by atoms with van der Waals surface area (Å²) in [6, 6.07) is 16.3. The van der Waals surface area contributed by atoms with Gasteiger partial charge in [0.1, 0.15) is 16.5 Å². The molecule has 0 aliphatic rings. The first-order chi connectivity index (χ1) is 13.8. The predicted molar refractivity (Wildman–Crippen MR) is 109 cm³/mol. The summed E-state index contributed by atoms with van der Waals surface area (Å²) in [5.41, 5.74) is 1.71. The van der Waals surface area contributed by atoms with E-state index in [1.165, 1.54) is 43.5 Å². The summed E-state index contributed by atoms with van der Waals surface area (Å²) in [4.78, 5) is 12.3. The zero-order valence-corrected chi connectivity index (χ0v) is 16.6. The molecule has 0 fully saturated rings. The Morgan fingerprint density at radius 1 is 0.966 bits per heavy atom. The molecule has 8 heteroatoms. The van der Waals surface area contributed by atoms with Crippen LogP contribution in [0.2, 0.25) is 0 Å². The third-order valence-electron chi connectivity index (χ3n) is 4.10. The minimum atomic E-state index is -4.02. The molecule has 0 bridgehead atoms. The van der Waals surface area contributed by atoms with Gasteiger partial charge in [-0.3, -0.25) is 9.52 Å². The molecule has 0 unspecified atom stereocenters. The minimum absolute atomic E-state index is 0.0827. The third-order valence-corrected chi connectivity index (χ3v) is 5.50. The molecular weight excluding hydrogens is 395 g/mol. The van der Waals surface area contributed by atoms with E-state index >= 15 is 0 Å². The van der Waals surface area contributed by atoms with Crippen molar-refractivity contribution >= 4 is 27.3 Å². The second kappa shape index (κ2) is 8.32. The van der Waals surface area contributed by atoms with Crippen LogP contribution in [0.1, 0.15) is 15.9 Å². The number of aryl methyl sites for hydroxylation is 1. The zero-order chi connectivity index (χ0) is 21.0. The number of ether oxygens (including phenoxy) is 1. The average molecular weight is 414 g/mol. The Kier molecular flexibility index (Phi) is 5.84. The molecule has 3 aromatic carbocycles. The monoisotopic (exact) mass is 414 g/mol. The molecule has 0 saturated heterocycles. The second-order valence-electron chi connectivity index (χ2n) is 6.30. The molecule has 2 N–H and O–H groups in total. The lowest BCUT2D eigenvalue weighted by Crippen LogP contribution is -2.17. The maximum absolute atomic E-state index is 13.3. The Morgan fingerprint density at radius 3 is 2.34 bits per heavy atom. The fraction of sp³-hybridized carbons (Fsp3) is 0.0952. The highest BCUT2D eigenvalue weighted by atomic mass is 32.2. The number of methoxy groups -OCH3 is 1. The van der Waals surface area contributed by atoms with Gasteiger partial charge in [-0.2, -0.15) is 0 Å². The van der Waals surface area contributed by atoms with Crippen LogP contribution in [-0.2, 0) is 10.0 Å². The fourth-order valence-corrected chi connectivity index (χ4v) is 3.88. The Labute approximate surface area is 168 Å². The van der Waals surface area contributed by atoms with Crippen LogP contribution in [0.3, 0.4) is 0 Å². The third kappa shape index (κ3) is 4.91. The van der Waals surface area contributed by atoms with E-state index in [0.29, 0.717) is 5.69 Å². The highest BCUT2D eigenvalue weighted by Crippen LogP contribution is 2.27. The van der Waals surface area contributed by atoms with Gasteiger partial charge >= 0.3 is 0 Å². The minimum Gasteiger partial charge on any atom is -0.495 e. The lowest BCUT2D eigenvalue weighted by Gasteiger charge is -2.13. The van der Waals surface area contributed by atoms with Crippen molar-refractivity contribution < 1.29 is 22.3 Å². The number of halogens is 1. The van der Waals surface area contributed by atoms with Crippen molar-refractivity contribution in [3.05, 3.63) is 83.7 Å². The maximum Gasteiger partial charge on any atom is 0.265 e. The van der Waals surface area contributed by atoms with Gasteiger partial charge in [0, 0.05) is 16.9 Å². The molecule has 0 spiro atoms. The Balaban J connectivity index is 1.91. The van der Waals surface area contributed by atoms with Gasteiger partial charge in [-0.15, -0.1) is 0 Å². The quantitative estimate of drug-likeness (QED) is 0.633. The number of hydrogen-bond donors (Lipinski definition) is 2. The second-order valence-corrected chi connectivity index (χ2v) is 7.95. The van der Waals surface area contributed by atoms with E-state index in [0.717, 1.165) is 11.6 Å². The number of carbonyl (C=O) groups excluding carboxylic acids is 1. The first kappa shape index (κ1) is 20.3. The number of hydrogen-bond acceptors (Lipinski definition) is 4. The molecule has 6 nitrogen and oxygen atoms in total. The molecule has 0 aliphatic heterocycles. The Hall–Kier alpha value is -3.39. The van der Waals surface area contributed by atoms with E-state index in [1.807, 2.05) is 6.92 Å². The lowest BCUT2D eigenvalue weighted by atomic mass is 10.2. The summed E-state index contributed by atoms with van der Waals surface area (Å²) < 4.78 is 46.7. The lowest BCUT2D eigenvalue weighted by molar-refractivity contribution is 0.102. The normalized spacial score (nSPS) is 11.0. The van der Waals surface area contributed by atoms with Crippen molar-refractivity contribution in [1.29, 1.82) is 0 Å². The first-order valence-corrected chi connectivity index (χ1v) is 10.1. The van der Waals surface area contributed by atoms with E-state index < -0.39 is 21.7 Å². The zero-order valence-electron chi connectivity index (χ0n) is 15.8. The molecular formula is C21H19FN2O4S. The van der Waals surface area contributed by atoms with Crippen LogP contribution in [0.5, 0.6) is 5.75 Å². The van der Waals surface area contributed by atoms with E-state index in [2.05, 4.69) is 10.0 Å². The largest absolute Gasteiger partial charge is 0.495 e. The molecule has 0 saturated carbocycles. The summed E-state index contributed by atoms with van der Waals surface area (Å²) in [5.74, 6) is -0.986. The van der Waals surface area contributed by atoms with E-state index in [-0.39, 0.29) is 21.9 Å². The van der Waals surface area contributed by atoms with Gasteiger partial charge in [-0.1, -0.05) is 23.8 Å². The topological polar surface area (TPSA) is 84.5 Å². The van der Waals surface area contributed by atoms with Crippen LogP contribution in [0, 0.1) is 12.7 Å². The smallest absolute Gasteiger partial charge is 0.265 e. The number of sulfonamides is 1. The fourth-order valence-electron chi connectivity index (χ4n) is 2.63. The van der Waals surface area contributed by atoms with Gasteiger partial charge in [-0.05, 0) is 55.5 Å². The van der Waals surface area contributed by atoms with Gasteiger partial charge in [0.05, 0.1) is 7.11 Å². The Morgan fingerprint density at radius 2 is 1.69 bits per heavy atom. The van der Waals surface area contributed by atoms with Crippen molar-refractivity contribution in [1.82, 2.24) is 0 Å². The number of benzene rings is 3. The van der Waals surface area contributed by atoms with Crippen LogP contribution >= 0.6 is 0 Å². The molecule has 0 aromatic heterocycles. The van der Waals surface area contributed by atoms with E-state index in [1.54, 1.807) is 24.3 Å². The van der Waals surface area contributed by atoms with Gasteiger partial charge in [0.15, 0.2) is 0 Å². The van der Waals surface area contributed by atoms with Crippen molar-refractivity contribution in [2.45, 2.75) is 11.8 Å². The molecule has 0 aliphatic carbocycles. The first-order valence-electron chi connectivity index (χ1n) is 8.63. The molecule has 1 amide bonds. The number of anilines is 2. The standard InChI is InChI=1S/C21H19FN2O4S/c1-14-6-9-17(10-7-14)24-29(26,27)20-12-15(8-11-19(20)28-2)21(25)23-18-5-3-4-16(22)13-18/h3-13,24H,1-2H3,(H,23,25). The molecule has 29 heavy (non-hydrogen) atoms. The van der Waals surface area contributed by atoms with Crippen LogP contribution < -0.4 is 14.8 Å². The van der Waals surface area contributed by atoms with Crippen molar-refractivity contribution in [3.63, 3.8) is 0 Å². The predicted octanol–water partition coefficient (Wildman–Crippen LogP) is 4.20. The highest BCUT2D eigenvalue weighted by Gasteiger charge is 2.22. The molecule has 0 atom stereocenters. The van der Waals surface area contributed by atoms with Crippen LogP contribution in [-0.4, -0.2) is 21.4 Å². The summed E-state index contributed by atoms with van der Waals surface area (Å²) in [6.07, 6.45) is 0. The van der Waals surface area contributed by atoms with Crippen molar-refractivity contribution in [2.24, 2.45) is 0 Å². The number of nitrogens with one attached hydrogen (secondary N) is 2. The number of amides is 1. The summed E-state index contributed by atoms with van der Waals surface area (Å²) in [7, 11) is -2.68. The number of carbonyl (C=O) groups is 1. The number of rotatable bonds is 6. The van der Waals surface area contributed by atoms with Crippen molar-refractivity contribution in [2.75, 3.05) is 17.1 Å². The summed E-state index contributed by atoms with van der Waals surface area (Å²) in [6.45, 7) is 1.89. The maximum atomic E-state index is 13.3. The summed E-state index contributed by atoms with van der Waals surface area (Å²) >= 11 is 0. The molecule has 3 rings (SSSR count). The molecule has 0 radical (unpaired) electrons. The summed E-state index contributed by atoms with van der Waals surface area (Å²) in [5, 5.41) is 2.54. The highest BCUT2D eigenvalue weighted by molar-refractivity contribution is 7.92. The van der Waals surface area contributed by atoms with E-state index in [9.17, 15) is 17.6 Å². The molecule has 0 heterocycles. The van der Waals surface area contributed by atoms with Gasteiger partial charge < -0.3 is 10.1 Å². The van der Waals surface area contributed by atoms with Crippen LogP contribution in [0.15, 0.2) is 71.6 Å². The van der Waals surface area contributed by atoms with Crippen LogP contribution in [0.4, 0.5) is 15.8 Å². The molecule has 3 aromatic rings. The van der Waals surface area contributed by atoms with Crippen LogP contribution in [0.25, 0.3) is 0 Å². The van der Waals surface area contributed by atoms with Crippen molar-refractivity contribution in [3.8, 4) is 5.75 Å². The SMILES string of the molecule is COc1ccc(C(=O)Nc2cccc(F)c2)cc1S(=O)(=O)Nc1ccc(C)cc1. The van der Waals surface area contributed by atoms with Gasteiger partial charge in [0.25, 0.3) is 15.9 Å². The Bertz CT molecular complexity index is 1150. The van der Waals surface area contributed by atoms with Gasteiger partial charge in [0.2, 0.25) is 0 Å². The average Bonchev–Trinajstić information content (AvgIpc) is 2.69. The van der Waals surface area contributed by atoms with Gasteiger partial charge in [-0.25, -0.2) is 12.8 Å².